The highest BCUT2D eigenvalue weighted by Crippen LogP contribution is 2.28. The standard InChI is InChI=1S/C12H18N4O2/c1-8(2)18-10-5-4-9(6-11(10)17-3)7-15-16-12(13)14/h4-8H,1-3H3,(H4,13,14,16)/p+1. The molecule has 1 rings (SSSR count). The van der Waals surface area contributed by atoms with Crippen molar-refractivity contribution in [3.8, 4) is 11.5 Å². The molecule has 0 saturated heterocycles. The Labute approximate surface area is 106 Å². The van der Waals surface area contributed by atoms with Crippen LogP contribution in [0.2, 0.25) is 0 Å². The number of hydrogen-bond acceptors (Lipinski definition) is 3. The molecule has 0 fully saturated rings. The van der Waals surface area contributed by atoms with Gasteiger partial charge in [-0.1, -0.05) is 0 Å². The molecule has 0 aliphatic rings. The van der Waals surface area contributed by atoms with Gasteiger partial charge in [-0.05, 0) is 32.0 Å². The molecule has 0 unspecified atom stereocenters. The first kappa shape index (κ1) is 13.8. The molecule has 5 N–H and O–H groups in total. The van der Waals surface area contributed by atoms with Crippen molar-refractivity contribution in [1.29, 1.82) is 0 Å². The monoisotopic (exact) mass is 251 g/mol. The number of nitrogens with one attached hydrogen (secondary N) is 1. The van der Waals surface area contributed by atoms with Crippen LogP contribution >= 0.6 is 0 Å². The van der Waals surface area contributed by atoms with E-state index in [4.69, 9.17) is 20.9 Å². The van der Waals surface area contributed by atoms with Crippen molar-refractivity contribution in [2.24, 2.45) is 16.6 Å². The van der Waals surface area contributed by atoms with Crippen molar-refractivity contribution < 1.29 is 14.6 Å². The fraction of sp³-hybridized carbons (Fsp3) is 0.333. The quantitative estimate of drug-likeness (QED) is 0.361. The minimum absolute atomic E-state index is 0.0297. The Morgan fingerprint density at radius 1 is 1.33 bits per heavy atom. The Balaban J connectivity index is 2.91. The van der Waals surface area contributed by atoms with Crippen LogP contribution in [0.1, 0.15) is 19.4 Å². The maximum absolute atomic E-state index is 5.61. The third kappa shape index (κ3) is 4.32. The van der Waals surface area contributed by atoms with Crippen molar-refractivity contribution in [3.05, 3.63) is 23.8 Å². The molecule has 0 radical (unpaired) electrons. The minimum Gasteiger partial charge on any atom is -0.493 e. The summed E-state index contributed by atoms with van der Waals surface area (Å²) < 4.78 is 10.9. The van der Waals surface area contributed by atoms with Gasteiger partial charge >= 0.3 is 0 Å². The number of benzene rings is 1. The Hall–Kier alpha value is -2.24. The molecular formula is C12H19N4O2+. The van der Waals surface area contributed by atoms with Gasteiger partial charge in [-0.25, -0.2) is 0 Å². The van der Waals surface area contributed by atoms with E-state index in [1.165, 1.54) is 0 Å². The van der Waals surface area contributed by atoms with Crippen molar-refractivity contribution in [2.45, 2.75) is 20.0 Å². The molecule has 0 aliphatic heterocycles. The Bertz CT molecular complexity index is 451. The van der Waals surface area contributed by atoms with Crippen molar-refractivity contribution in [1.82, 2.24) is 0 Å². The van der Waals surface area contributed by atoms with Gasteiger partial charge in [-0.15, -0.1) is 5.10 Å². The first-order valence-electron chi connectivity index (χ1n) is 5.55. The molecule has 1 aromatic carbocycles. The van der Waals surface area contributed by atoms with E-state index in [9.17, 15) is 0 Å². The number of nitrogens with zero attached hydrogens (tertiary/aromatic N) is 1. The lowest BCUT2D eigenvalue weighted by Crippen LogP contribution is -2.63. The number of hydrogen-bond donors (Lipinski definition) is 3. The number of ether oxygens (including phenoxy) is 2. The lowest BCUT2D eigenvalue weighted by Gasteiger charge is -2.13. The zero-order chi connectivity index (χ0) is 13.5. The molecule has 18 heavy (non-hydrogen) atoms. The van der Waals surface area contributed by atoms with Gasteiger partial charge in [0.25, 0.3) is 5.96 Å². The number of hydrazone groups is 1. The predicted molar refractivity (Wildman–Crippen MR) is 70.7 cm³/mol. The molecule has 0 atom stereocenters. The van der Waals surface area contributed by atoms with Crippen LogP contribution in [-0.4, -0.2) is 25.4 Å². The lowest BCUT2D eigenvalue weighted by molar-refractivity contribution is -0.456. The highest BCUT2D eigenvalue weighted by Gasteiger charge is 2.07. The number of nitrogens with two attached hydrogens (primary N) is 2. The highest BCUT2D eigenvalue weighted by molar-refractivity contribution is 5.78. The van der Waals surface area contributed by atoms with Crippen LogP contribution in [0.15, 0.2) is 23.3 Å². The van der Waals surface area contributed by atoms with E-state index in [-0.39, 0.29) is 12.1 Å². The summed E-state index contributed by atoms with van der Waals surface area (Å²) >= 11 is 0. The molecular weight excluding hydrogens is 232 g/mol. The molecule has 0 amide bonds. The summed E-state index contributed by atoms with van der Waals surface area (Å²) in [5, 5.41) is 6.27. The molecule has 0 spiro atoms. The fourth-order valence-corrected chi connectivity index (χ4v) is 1.31. The van der Waals surface area contributed by atoms with E-state index in [1.54, 1.807) is 13.3 Å². The summed E-state index contributed by atoms with van der Waals surface area (Å²) in [6, 6.07) is 5.53. The van der Waals surface area contributed by atoms with E-state index in [0.717, 1.165) is 5.56 Å². The first-order chi connectivity index (χ1) is 8.52. The lowest BCUT2D eigenvalue weighted by atomic mass is 10.2. The smallest absolute Gasteiger partial charge is 0.256 e. The summed E-state index contributed by atoms with van der Waals surface area (Å²) in [4.78, 5) is 0. The predicted octanol–water partition coefficient (Wildman–Crippen LogP) is -0.830. The van der Waals surface area contributed by atoms with Crippen LogP contribution in [0.5, 0.6) is 11.5 Å². The van der Waals surface area contributed by atoms with Gasteiger partial charge in [0.1, 0.15) is 0 Å². The van der Waals surface area contributed by atoms with E-state index in [0.29, 0.717) is 11.5 Å². The van der Waals surface area contributed by atoms with Crippen LogP contribution < -0.4 is 26.0 Å². The third-order valence-electron chi connectivity index (χ3n) is 1.98. The number of methoxy groups -OCH3 is 1. The van der Waals surface area contributed by atoms with Gasteiger partial charge in [0.2, 0.25) is 6.21 Å². The van der Waals surface area contributed by atoms with Gasteiger partial charge in [0.05, 0.1) is 13.2 Å². The molecule has 0 heterocycles. The fourth-order valence-electron chi connectivity index (χ4n) is 1.31. The Kier molecular flexibility index (Phi) is 4.98. The molecule has 1 aromatic rings. The molecule has 0 aromatic heterocycles. The van der Waals surface area contributed by atoms with Crippen LogP contribution in [0, 0.1) is 0 Å². The molecule has 98 valence electrons. The van der Waals surface area contributed by atoms with Gasteiger partial charge in [-0.3, -0.25) is 0 Å². The molecule has 0 aliphatic carbocycles. The summed E-state index contributed by atoms with van der Waals surface area (Å²) in [6.07, 6.45) is 1.75. The largest absolute Gasteiger partial charge is 0.493 e. The summed E-state index contributed by atoms with van der Waals surface area (Å²) in [6.45, 7) is 3.92. The third-order valence-corrected chi connectivity index (χ3v) is 1.98. The normalized spacial score (nSPS) is 10.7. The first-order valence-corrected chi connectivity index (χ1v) is 5.55. The SMILES string of the molecule is COc1cc(C=[NH+]N=C(N)N)ccc1OC(C)C. The summed E-state index contributed by atoms with van der Waals surface area (Å²) in [5.74, 6) is 1.33. The Morgan fingerprint density at radius 2 is 2.06 bits per heavy atom. The van der Waals surface area contributed by atoms with Crippen LogP contribution in [0.4, 0.5) is 0 Å². The second kappa shape index (κ2) is 6.48. The highest BCUT2D eigenvalue weighted by atomic mass is 16.5. The average Bonchev–Trinajstić information content (AvgIpc) is 2.29. The van der Waals surface area contributed by atoms with E-state index >= 15 is 0 Å². The van der Waals surface area contributed by atoms with Crippen LogP contribution in [-0.2, 0) is 0 Å². The van der Waals surface area contributed by atoms with Crippen LogP contribution in [0.3, 0.4) is 0 Å². The van der Waals surface area contributed by atoms with Gasteiger partial charge in [-0.2, -0.15) is 0 Å². The van der Waals surface area contributed by atoms with Crippen molar-refractivity contribution in [3.63, 3.8) is 0 Å². The summed E-state index contributed by atoms with van der Waals surface area (Å²) in [7, 11) is 1.59. The zero-order valence-corrected chi connectivity index (χ0v) is 10.8. The van der Waals surface area contributed by atoms with E-state index in [1.807, 2.05) is 32.0 Å². The Morgan fingerprint density at radius 3 is 2.61 bits per heavy atom. The zero-order valence-electron chi connectivity index (χ0n) is 10.8. The summed E-state index contributed by atoms with van der Waals surface area (Å²) in [5.41, 5.74) is 11.3. The van der Waals surface area contributed by atoms with Crippen molar-refractivity contribution >= 4 is 12.2 Å². The average molecular weight is 251 g/mol. The molecule has 0 bridgehead atoms. The number of rotatable bonds is 5. The number of guanidine groups is 1. The molecule has 6 heteroatoms. The van der Waals surface area contributed by atoms with Gasteiger partial charge in [0, 0.05) is 10.7 Å². The second-order valence-corrected chi connectivity index (χ2v) is 3.89. The minimum atomic E-state index is -0.0297. The maximum atomic E-state index is 5.61. The topological polar surface area (TPSA) is 96.8 Å². The van der Waals surface area contributed by atoms with E-state index < -0.39 is 0 Å². The van der Waals surface area contributed by atoms with Gasteiger partial charge in [0.15, 0.2) is 11.5 Å². The maximum Gasteiger partial charge on any atom is 0.256 e. The molecule has 0 saturated carbocycles. The van der Waals surface area contributed by atoms with Crippen LogP contribution in [0.25, 0.3) is 0 Å². The van der Waals surface area contributed by atoms with Gasteiger partial charge < -0.3 is 20.9 Å². The second-order valence-electron chi connectivity index (χ2n) is 3.89. The van der Waals surface area contributed by atoms with Crippen molar-refractivity contribution in [2.75, 3.05) is 7.11 Å². The van der Waals surface area contributed by atoms with E-state index in [2.05, 4.69) is 10.2 Å². The molecule has 6 nitrogen and oxygen atoms in total.